The second-order valence-corrected chi connectivity index (χ2v) is 5.67. The Kier molecular flexibility index (Phi) is 4.96. The Bertz CT molecular complexity index is 524. The summed E-state index contributed by atoms with van der Waals surface area (Å²) in [6.45, 7) is 0.796. The highest BCUT2D eigenvalue weighted by Crippen LogP contribution is 2.35. The van der Waals surface area contributed by atoms with Crippen molar-refractivity contribution in [1.82, 2.24) is 10.6 Å². The summed E-state index contributed by atoms with van der Waals surface area (Å²) < 4.78 is 0. The molecule has 1 amide bonds. The number of carbonyl (C=O) groups is 2. The first-order chi connectivity index (χ1) is 10.1. The average molecular weight is 290 g/mol. The van der Waals surface area contributed by atoms with E-state index in [1.54, 1.807) is 6.07 Å². The second kappa shape index (κ2) is 6.72. The number of carboxylic acid groups (broad SMARTS) is 1. The number of amides is 1. The lowest BCUT2D eigenvalue weighted by atomic mass is 9.74. The third-order valence-electron chi connectivity index (χ3n) is 4.09. The van der Waals surface area contributed by atoms with E-state index in [4.69, 9.17) is 5.11 Å². The Morgan fingerprint density at radius 2 is 2.00 bits per heavy atom. The van der Waals surface area contributed by atoms with Gasteiger partial charge in [0.1, 0.15) is 0 Å². The fourth-order valence-corrected chi connectivity index (χ4v) is 2.77. The number of benzene rings is 1. The molecule has 1 aliphatic rings. The summed E-state index contributed by atoms with van der Waals surface area (Å²) >= 11 is 0. The topological polar surface area (TPSA) is 78.4 Å². The SMILES string of the molecule is CNCCc1ccccc1C(=O)NC1(CC(=O)O)CCC1. The Morgan fingerprint density at radius 3 is 2.57 bits per heavy atom. The van der Waals surface area contributed by atoms with Crippen LogP contribution in [-0.4, -0.2) is 36.1 Å². The van der Waals surface area contributed by atoms with E-state index < -0.39 is 11.5 Å². The zero-order valence-corrected chi connectivity index (χ0v) is 12.3. The third-order valence-corrected chi connectivity index (χ3v) is 4.09. The smallest absolute Gasteiger partial charge is 0.305 e. The summed E-state index contributed by atoms with van der Waals surface area (Å²) in [7, 11) is 1.87. The molecule has 1 fully saturated rings. The Balaban J connectivity index is 2.11. The van der Waals surface area contributed by atoms with Gasteiger partial charge in [-0.05, 0) is 50.9 Å². The van der Waals surface area contributed by atoms with Crippen molar-refractivity contribution >= 4 is 11.9 Å². The van der Waals surface area contributed by atoms with E-state index in [0.717, 1.165) is 37.8 Å². The summed E-state index contributed by atoms with van der Waals surface area (Å²) in [6, 6.07) is 7.49. The van der Waals surface area contributed by atoms with Crippen LogP contribution in [0.5, 0.6) is 0 Å². The molecule has 5 heteroatoms. The molecule has 5 nitrogen and oxygen atoms in total. The zero-order chi connectivity index (χ0) is 15.3. The van der Waals surface area contributed by atoms with E-state index in [0.29, 0.717) is 5.56 Å². The lowest BCUT2D eigenvalue weighted by molar-refractivity contribution is -0.139. The molecule has 0 saturated heterocycles. The molecule has 3 N–H and O–H groups in total. The summed E-state index contributed by atoms with van der Waals surface area (Å²) in [5.74, 6) is -1.03. The molecule has 0 unspecified atom stereocenters. The third kappa shape index (κ3) is 3.82. The summed E-state index contributed by atoms with van der Waals surface area (Å²) in [5.41, 5.74) is 1.07. The van der Waals surface area contributed by atoms with Gasteiger partial charge in [-0.15, -0.1) is 0 Å². The number of likely N-dealkylation sites (N-methyl/N-ethyl adjacent to an activating group) is 1. The Morgan fingerprint density at radius 1 is 1.29 bits per heavy atom. The van der Waals surface area contributed by atoms with Gasteiger partial charge in [0.15, 0.2) is 0 Å². The van der Waals surface area contributed by atoms with Crippen molar-refractivity contribution in [2.24, 2.45) is 0 Å². The van der Waals surface area contributed by atoms with Crippen LogP contribution in [0, 0.1) is 0 Å². The van der Waals surface area contributed by atoms with Crippen LogP contribution in [0.2, 0.25) is 0 Å². The molecule has 0 aliphatic heterocycles. The van der Waals surface area contributed by atoms with E-state index in [1.807, 2.05) is 25.2 Å². The molecule has 1 aliphatic carbocycles. The normalized spacial score (nSPS) is 16.0. The summed E-state index contributed by atoms with van der Waals surface area (Å²) in [4.78, 5) is 23.5. The first-order valence-electron chi connectivity index (χ1n) is 7.33. The fourth-order valence-electron chi connectivity index (χ4n) is 2.77. The molecule has 0 bridgehead atoms. The Hall–Kier alpha value is -1.88. The van der Waals surface area contributed by atoms with Crippen molar-refractivity contribution in [2.45, 2.75) is 37.6 Å². The molecule has 2 rings (SSSR count). The molecule has 0 atom stereocenters. The van der Waals surface area contributed by atoms with Crippen LogP contribution in [0.1, 0.15) is 41.6 Å². The lowest BCUT2D eigenvalue weighted by Gasteiger charge is -2.41. The van der Waals surface area contributed by atoms with Crippen LogP contribution in [0.3, 0.4) is 0 Å². The lowest BCUT2D eigenvalue weighted by Crippen LogP contribution is -2.54. The average Bonchev–Trinajstić information content (AvgIpc) is 2.42. The molecule has 0 heterocycles. The first kappa shape index (κ1) is 15.5. The van der Waals surface area contributed by atoms with Gasteiger partial charge in [-0.2, -0.15) is 0 Å². The molecule has 1 aromatic carbocycles. The summed E-state index contributed by atoms with van der Waals surface area (Å²) in [5, 5.41) is 15.0. The standard InChI is InChI=1S/C16H22N2O3/c1-17-10-7-12-5-2-3-6-13(12)15(21)18-16(8-4-9-16)11-14(19)20/h2-3,5-6,17H,4,7-11H2,1H3,(H,18,21)(H,19,20). The van der Waals surface area contributed by atoms with Gasteiger partial charge in [0.05, 0.1) is 12.0 Å². The minimum Gasteiger partial charge on any atom is -0.481 e. The predicted octanol–water partition coefficient (Wildman–Crippen LogP) is 1.58. The van der Waals surface area contributed by atoms with Crippen molar-refractivity contribution in [1.29, 1.82) is 0 Å². The highest BCUT2D eigenvalue weighted by atomic mass is 16.4. The molecular weight excluding hydrogens is 268 g/mol. The fraction of sp³-hybridized carbons (Fsp3) is 0.500. The maximum Gasteiger partial charge on any atom is 0.305 e. The van der Waals surface area contributed by atoms with Crippen molar-refractivity contribution in [3.05, 3.63) is 35.4 Å². The molecule has 21 heavy (non-hydrogen) atoms. The summed E-state index contributed by atoms with van der Waals surface area (Å²) in [6.07, 6.45) is 3.21. The van der Waals surface area contributed by atoms with Crippen LogP contribution < -0.4 is 10.6 Å². The van der Waals surface area contributed by atoms with Gasteiger partial charge in [0, 0.05) is 5.56 Å². The van der Waals surface area contributed by atoms with Gasteiger partial charge < -0.3 is 15.7 Å². The highest BCUT2D eigenvalue weighted by molar-refractivity contribution is 5.96. The van der Waals surface area contributed by atoms with Gasteiger partial charge in [0.25, 0.3) is 5.91 Å². The van der Waals surface area contributed by atoms with Crippen molar-refractivity contribution in [2.75, 3.05) is 13.6 Å². The van der Waals surface area contributed by atoms with Gasteiger partial charge >= 0.3 is 5.97 Å². The van der Waals surface area contributed by atoms with Gasteiger partial charge in [-0.3, -0.25) is 9.59 Å². The van der Waals surface area contributed by atoms with Gasteiger partial charge in [0.2, 0.25) is 0 Å². The number of carboxylic acids is 1. The maximum atomic E-state index is 12.5. The number of hydrogen-bond donors (Lipinski definition) is 3. The van der Waals surface area contributed by atoms with Crippen LogP contribution in [-0.2, 0) is 11.2 Å². The molecule has 114 valence electrons. The van der Waals surface area contributed by atoms with E-state index in [9.17, 15) is 9.59 Å². The van der Waals surface area contributed by atoms with Crippen LogP contribution >= 0.6 is 0 Å². The van der Waals surface area contributed by atoms with Crippen molar-refractivity contribution in [3.8, 4) is 0 Å². The first-order valence-corrected chi connectivity index (χ1v) is 7.33. The van der Waals surface area contributed by atoms with Crippen LogP contribution in [0.15, 0.2) is 24.3 Å². The monoisotopic (exact) mass is 290 g/mol. The van der Waals surface area contributed by atoms with Gasteiger partial charge in [-0.25, -0.2) is 0 Å². The molecule has 0 radical (unpaired) electrons. The molecule has 1 aromatic rings. The predicted molar refractivity (Wildman–Crippen MR) is 80.4 cm³/mol. The van der Waals surface area contributed by atoms with Crippen LogP contribution in [0.25, 0.3) is 0 Å². The molecule has 0 spiro atoms. The minimum absolute atomic E-state index is 0.00256. The van der Waals surface area contributed by atoms with E-state index >= 15 is 0 Å². The number of rotatable bonds is 7. The van der Waals surface area contributed by atoms with E-state index in [-0.39, 0.29) is 12.3 Å². The largest absolute Gasteiger partial charge is 0.481 e. The van der Waals surface area contributed by atoms with Gasteiger partial charge in [-0.1, -0.05) is 18.2 Å². The highest BCUT2D eigenvalue weighted by Gasteiger charge is 2.40. The van der Waals surface area contributed by atoms with Crippen molar-refractivity contribution < 1.29 is 14.7 Å². The number of carbonyl (C=O) groups excluding carboxylic acids is 1. The number of aliphatic carboxylic acids is 1. The number of nitrogens with one attached hydrogen (secondary N) is 2. The van der Waals surface area contributed by atoms with E-state index in [2.05, 4.69) is 10.6 Å². The quantitative estimate of drug-likeness (QED) is 0.712. The second-order valence-electron chi connectivity index (χ2n) is 5.67. The number of hydrogen-bond acceptors (Lipinski definition) is 3. The molecule has 1 saturated carbocycles. The Labute approximate surface area is 124 Å². The zero-order valence-electron chi connectivity index (χ0n) is 12.3. The molecular formula is C16H22N2O3. The minimum atomic E-state index is -0.863. The maximum absolute atomic E-state index is 12.5. The van der Waals surface area contributed by atoms with Crippen LogP contribution in [0.4, 0.5) is 0 Å². The molecule has 0 aromatic heterocycles. The van der Waals surface area contributed by atoms with E-state index in [1.165, 1.54) is 0 Å². The van der Waals surface area contributed by atoms with Crippen molar-refractivity contribution in [3.63, 3.8) is 0 Å².